The first-order valence-corrected chi connectivity index (χ1v) is 8.13. The van der Waals surface area contributed by atoms with Gasteiger partial charge >= 0.3 is 0 Å². The van der Waals surface area contributed by atoms with Gasteiger partial charge in [-0.1, -0.05) is 0 Å². The summed E-state index contributed by atoms with van der Waals surface area (Å²) in [7, 11) is -1.88. The van der Waals surface area contributed by atoms with Crippen molar-refractivity contribution in [3.8, 4) is 0 Å². The van der Waals surface area contributed by atoms with Crippen molar-refractivity contribution in [2.45, 2.75) is 19.3 Å². The molecular weight excluding hydrogens is 254 g/mol. The van der Waals surface area contributed by atoms with Crippen LogP contribution in [0.1, 0.15) is 19.3 Å². The molecule has 18 heavy (non-hydrogen) atoms. The Kier molecular flexibility index (Phi) is 6.04. The van der Waals surface area contributed by atoms with Gasteiger partial charge in [0.25, 0.3) is 0 Å². The monoisotopic (exact) mass is 277 g/mol. The maximum atomic E-state index is 11.5. The first-order chi connectivity index (χ1) is 8.39. The molecule has 7 heteroatoms. The number of carbonyl (C=O) groups is 1. The van der Waals surface area contributed by atoms with E-state index in [0.717, 1.165) is 30.1 Å². The molecule has 2 N–H and O–H groups in total. The molecule has 0 spiro atoms. The number of nitrogens with zero attached hydrogens (tertiary/aromatic N) is 1. The molecule has 106 valence electrons. The van der Waals surface area contributed by atoms with Gasteiger partial charge in [-0.2, -0.15) is 4.31 Å². The maximum Gasteiger partial charge on any atom is 0.235 e. The summed E-state index contributed by atoms with van der Waals surface area (Å²) >= 11 is 0. The van der Waals surface area contributed by atoms with Gasteiger partial charge in [0.2, 0.25) is 15.9 Å². The van der Waals surface area contributed by atoms with Crippen molar-refractivity contribution in [3.63, 3.8) is 0 Å². The van der Waals surface area contributed by atoms with Crippen LogP contribution in [0.2, 0.25) is 0 Å². The Bertz CT molecular complexity index is 364. The fourth-order valence-corrected chi connectivity index (χ4v) is 2.31. The third kappa shape index (κ3) is 5.79. The Morgan fingerprint density at radius 1 is 1.50 bits per heavy atom. The molecule has 1 saturated heterocycles. The molecule has 1 fully saturated rings. The molecule has 0 saturated carbocycles. The second-order valence-electron chi connectivity index (χ2n) is 4.87. The zero-order chi connectivity index (χ0) is 13.6. The van der Waals surface area contributed by atoms with Gasteiger partial charge in [0.15, 0.2) is 0 Å². The minimum Gasteiger partial charge on any atom is -0.355 e. The Morgan fingerprint density at radius 2 is 2.22 bits per heavy atom. The molecule has 0 radical (unpaired) electrons. The van der Waals surface area contributed by atoms with Gasteiger partial charge in [-0.25, -0.2) is 8.42 Å². The zero-order valence-electron chi connectivity index (χ0n) is 11.1. The van der Waals surface area contributed by atoms with Crippen LogP contribution in [-0.4, -0.2) is 58.1 Å². The van der Waals surface area contributed by atoms with Gasteiger partial charge in [0, 0.05) is 13.6 Å². The smallest absolute Gasteiger partial charge is 0.235 e. The molecule has 0 bridgehead atoms. The lowest BCUT2D eigenvalue weighted by Crippen LogP contribution is -2.39. The van der Waals surface area contributed by atoms with Crippen molar-refractivity contribution in [2.75, 3.05) is 39.5 Å². The van der Waals surface area contributed by atoms with E-state index in [1.54, 1.807) is 0 Å². The Morgan fingerprint density at radius 3 is 2.78 bits per heavy atom. The Balaban J connectivity index is 2.17. The summed E-state index contributed by atoms with van der Waals surface area (Å²) < 4.78 is 23.3. The number of likely N-dealkylation sites (N-methyl/N-ethyl adjacent to an activating group) is 1. The van der Waals surface area contributed by atoms with E-state index in [1.165, 1.54) is 19.9 Å². The number of nitrogens with one attached hydrogen (secondary N) is 2. The molecule has 1 aliphatic heterocycles. The molecule has 1 atom stereocenters. The van der Waals surface area contributed by atoms with Gasteiger partial charge in [-0.3, -0.25) is 4.79 Å². The summed E-state index contributed by atoms with van der Waals surface area (Å²) in [6.07, 6.45) is 4.43. The lowest BCUT2D eigenvalue weighted by Gasteiger charge is -2.22. The molecule has 0 aromatic heterocycles. The molecule has 1 rings (SSSR count). The van der Waals surface area contributed by atoms with Crippen molar-refractivity contribution < 1.29 is 13.2 Å². The summed E-state index contributed by atoms with van der Waals surface area (Å²) in [6, 6.07) is 0. The average Bonchev–Trinajstić information content (AvgIpc) is 2.29. The molecule has 1 heterocycles. The van der Waals surface area contributed by atoms with Crippen LogP contribution in [0.3, 0.4) is 0 Å². The van der Waals surface area contributed by atoms with E-state index >= 15 is 0 Å². The van der Waals surface area contributed by atoms with Gasteiger partial charge in [-0.15, -0.1) is 0 Å². The van der Waals surface area contributed by atoms with E-state index in [0.29, 0.717) is 12.5 Å². The number of amides is 1. The van der Waals surface area contributed by atoms with Crippen LogP contribution < -0.4 is 10.6 Å². The molecule has 0 aromatic carbocycles. The van der Waals surface area contributed by atoms with Crippen LogP contribution in [-0.2, 0) is 14.8 Å². The van der Waals surface area contributed by atoms with E-state index in [9.17, 15) is 13.2 Å². The van der Waals surface area contributed by atoms with Gasteiger partial charge < -0.3 is 10.6 Å². The Hall–Kier alpha value is -0.660. The molecule has 0 aromatic rings. The van der Waals surface area contributed by atoms with Crippen molar-refractivity contribution in [1.82, 2.24) is 14.9 Å². The van der Waals surface area contributed by atoms with Gasteiger partial charge in [0.05, 0.1) is 12.8 Å². The first-order valence-electron chi connectivity index (χ1n) is 6.28. The van der Waals surface area contributed by atoms with E-state index in [4.69, 9.17) is 0 Å². The van der Waals surface area contributed by atoms with Crippen LogP contribution in [0.4, 0.5) is 0 Å². The van der Waals surface area contributed by atoms with Crippen LogP contribution in [0, 0.1) is 5.92 Å². The zero-order valence-corrected chi connectivity index (χ0v) is 11.9. The second-order valence-corrected chi connectivity index (χ2v) is 6.96. The fourth-order valence-electron chi connectivity index (χ4n) is 1.96. The molecular formula is C11H23N3O3S. The molecule has 1 unspecified atom stereocenters. The summed E-state index contributed by atoms with van der Waals surface area (Å²) in [6.45, 7) is 2.60. The summed E-state index contributed by atoms with van der Waals surface area (Å²) in [5.41, 5.74) is 0. The third-order valence-corrected chi connectivity index (χ3v) is 4.47. The van der Waals surface area contributed by atoms with Crippen molar-refractivity contribution in [2.24, 2.45) is 5.92 Å². The molecule has 1 amide bonds. The lowest BCUT2D eigenvalue weighted by atomic mass is 9.96. The summed E-state index contributed by atoms with van der Waals surface area (Å²) in [5, 5.41) is 6.08. The van der Waals surface area contributed by atoms with Crippen molar-refractivity contribution in [3.05, 3.63) is 0 Å². The summed E-state index contributed by atoms with van der Waals surface area (Å²) in [5.74, 6) is 0.374. The average molecular weight is 277 g/mol. The molecule has 1 aliphatic rings. The van der Waals surface area contributed by atoms with Crippen molar-refractivity contribution >= 4 is 15.9 Å². The molecule has 0 aliphatic carbocycles. The van der Waals surface area contributed by atoms with E-state index in [2.05, 4.69) is 10.6 Å². The van der Waals surface area contributed by atoms with E-state index in [1.807, 2.05) is 0 Å². The molecule has 6 nitrogen and oxygen atoms in total. The number of hydrogen-bond acceptors (Lipinski definition) is 4. The minimum absolute atomic E-state index is 0.109. The van der Waals surface area contributed by atoms with Crippen molar-refractivity contribution in [1.29, 1.82) is 0 Å². The fraction of sp³-hybridized carbons (Fsp3) is 0.909. The highest BCUT2D eigenvalue weighted by Gasteiger charge is 2.16. The van der Waals surface area contributed by atoms with Crippen LogP contribution >= 0.6 is 0 Å². The SMILES string of the molecule is CN(CC(=O)NCCC1CCCNC1)S(C)(=O)=O. The summed E-state index contributed by atoms with van der Waals surface area (Å²) in [4.78, 5) is 11.5. The van der Waals surface area contributed by atoms with Crippen LogP contribution in [0.5, 0.6) is 0 Å². The highest BCUT2D eigenvalue weighted by Crippen LogP contribution is 2.12. The maximum absolute atomic E-state index is 11.5. The number of hydrogen-bond donors (Lipinski definition) is 2. The minimum atomic E-state index is -3.28. The number of rotatable bonds is 6. The topological polar surface area (TPSA) is 78.5 Å². The number of piperidine rings is 1. The third-order valence-electron chi connectivity index (χ3n) is 3.21. The standard InChI is InChI=1S/C11H23N3O3S/c1-14(18(2,16)17)9-11(15)13-7-5-10-4-3-6-12-8-10/h10,12H,3-9H2,1-2H3,(H,13,15). The quantitative estimate of drug-likeness (QED) is 0.678. The predicted octanol–water partition coefficient (Wildman–Crippen LogP) is -0.616. The second kappa shape index (κ2) is 7.06. The first kappa shape index (κ1) is 15.4. The van der Waals surface area contributed by atoms with E-state index in [-0.39, 0.29) is 12.5 Å². The Labute approximate surface area is 109 Å². The highest BCUT2D eigenvalue weighted by atomic mass is 32.2. The van der Waals surface area contributed by atoms with Crippen LogP contribution in [0.15, 0.2) is 0 Å². The number of carbonyl (C=O) groups excluding carboxylic acids is 1. The lowest BCUT2D eigenvalue weighted by molar-refractivity contribution is -0.121. The van der Waals surface area contributed by atoms with E-state index < -0.39 is 10.0 Å². The predicted molar refractivity (Wildman–Crippen MR) is 70.7 cm³/mol. The highest BCUT2D eigenvalue weighted by molar-refractivity contribution is 7.88. The normalized spacial score (nSPS) is 20.9. The largest absolute Gasteiger partial charge is 0.355 e. The van der Waals surface area contributed by atoms with Gasteiger partial charge in [-0.05, 0) is 38.3 Å². The number of sulfonamides is 1. The van der Waals surface area contributed by atoms with Gasteiger partial charge in [0.1, 0.15) is 0 Å². The van der Waals surface area contributed by atoms with Crippen LogP contribution in [0.25, 0.3) is 0 Å².